The van der Waals surface area contributed by atoms with Crippen molar-refractivity contribution >= 4 is 22.8 Å². The molecule has 2 aromatic heterocycles. The molecule has 2 atom stereocenters. The van der Waals surface area contributed by atoms with Crippen molar-refractivity contribution in [1.82, 2.24) is 24.8 Å². The first-order valence-corrected chi connectivity index (χ1v) is 12.8. The number of halogens is 1. The third-order valence-electron chi connectivity index (χ3n) is 7.34. The van der Waals surface area contributed by atoms with E-state index in [0.29, 0.717) is 24.2 Å². The van der Waals surface area contributed by atoms with Gasteiger partial charge in [0.25, 0.3) is 0 Å². The van der Waals surface area contributed by atoms with Crippen LogP contribution in [0.15, 0.2) is 73.1 Å². The quantitative estimate of drug-likeness (QED) is 0.385. The van der Waals surface area contributed by atoms with Crippen LogP contribution in [0.3, 0.4) is 0 Å². The average Bonchev–Trinajstić information content (AvgIpc) is 3.49. The van der Waals surface area contributed by atoms with E-state index in [9.17, 15) is 14.0 Å². The number of hydrogen-bond donors (Lipinski definition) is 1. The average molecular weight is 498 g/mol. The molecule has 2 aromatic carbocycles. The minimum Gasteiger partial charge on any atom is -0.342 e. The van der Waals surface area contributed by atoms with E-state index in [2.05, 4.69) is 15.3 Å². The van der Waals surface area contributed by atoms with Gasteiger partial charge in [-0.2, -0.15) is 4.39 Å². The molecular formula is C29H28FN5O2. The van der Waals surface area contributed by atoms with E-state index in [4.69, 9.17) is 0 Å². The Balaban J connectivity index is 1.22. The predicted octanol–water partition coefficient (Wildman–Crippen LogP) is 4.34. The number of fused-ring (bicyclic) bond motifs is 1. The van der Waals surface area contributed by atoms with Crippen LogP contribution in [0.5, 0.6) is 0 Å². The first-order valence-electron chi connectivity index (χ1n) is 12.8. The first kappa shape index (κ1) is 23.3. The summed E-state index contributed by atoms with van der Waals surface area (Å²) in [5.41, 5.74) is 3.60. The van der Waals surface area contributed by atoms with E-state index in [0.717, 1.165) is 35.9 Å². The molecule has 7 nitrogen and oxygen atoms in total. The molecule has 0 unspecified atom stereocenters. The Morgan fingerprint density at radius 3 is 2.57 bits per heavy atom. The summed E-state index contributed by atoms with van der Waals surface area (Å²) >= 11 is 0. The number of carbonyl (C=O) groups excluding carboxylic acids is 2. The molecule has 6 rings (SSSR count). The number of nitrogens with zero attached hydrogens (tertiary/aromatic N) is 4. The van der Waals surface area contributed by atoms with Crippen molar-refractivity contribution in [1.29, 1.82) is 0 Å². The number of imidazole rings is 1. The smallest absolute Gasteiger partial charge is 0.243 e. The normalized spacial score (nSPS) is 18.2. The molecule has 37 heavy (non-hydrogen) atoms. The van der Waals surface area contributed by atoms with E-state index in [-0.39, 0.29) is 24.3 Å². The summed E-state index contributed by atoms with van der Waals surface area (Å²) in [6.07, 6.45) is 4.94. The Morgan fingerprint density at radius 2 is 1.78 bits per heavy atom. The Morgan fingerprint density at radius 1 is 1.00 bits per heavy atom. The predicted molar refractivity (Wildman–Crippen MR) is 137 cm³/mol. The number of nitrogens with one attached hydrogen (secondary N) is 1. The fourth-order valence-electron chi connectivity index (χ4n) is 5.24. The van der Waals surface area contributed by atoms with Crippen LogP contribution in [-0.2, 0) is 16.1 Å². The Hall–Kier alpha value is -4.07. The zero-order chi connectivity index (χ0) is 25.4. The summed E-state index contributed by atoms with van der Waals surface area (Å²) in [4.78, 5) is 37.1. The summed E-state index contributed by atoms with van der Waals surface area (Å²) in [5.74, 6) is -0.615. The van der Waals surface area contributed by atoms with Gasteiger partial charge in [-0.05, 0) is 55.4 Å². The minimum atomic E-state index is -0.619. The van der Waals surface area contributed by atoms with E-state index in [1.807, 2.05) is 59.2 Å². The second-order valence-corrected chi connectivity index (χ2v) is 9.85. The summed E-state index contributed by atoms with van der Waals surface area (Å²) < 4.78 is 16.6. The van der Waals surface area contributed by atoms with Crippen molar-refractivity contribution in [3.63, 3.8) is 0 Å². The lowest BCUT2D eigenvalue weighted by atomic mass is 10.0. The Labute approximate surface area is 214 Å². The highest BCUT2D eigenvalue weighted by Crippen LogP contribution is 2.41. The van der Waals surface area contributed by atoms with Gasteiger partial charge in [-0.3, -0.25) is 9.59 Å². The van der Waals surface area contributed by atoms with Gasteiger partial charge < -0.3 is 14.8 Å². The molecule has 1 aliphatic carbocycles. The highest BCUT2D eigenvalue weighted by Gasteiger charge is 2.36. The number of hydrogen-bond acceptors (Lipinski definition) is 4. The molecule has 1 N–H and O–H groups in total. The zero-order valence-corrected chi connectivity index (χ0v) is 20.4. The summed E-state index contributed by atoms with van der Waals surface area (Å²) in [6, 6.07) is 19.5. The number of pyridine rings is 1. The van der Waals surface area contributed by atoms with Crippen molar-refractivity contribution in [3.05, 3.63) is 95.8 Å². The summed E-state index contributed by atoms with van der Waals surface area (Å²) in [5, 5.41) is 3.08. The molecule has 3 heterocycles. The van der Waals surface area contributed by atoms with Gasteiger partial charge in [-0.1, -0.05) is 48.5 Å². The van der Waals surface area contributed by atoms with Crippen LogP contribution in [0.4, 0.5) is 4.39 Å². The number of para-hydroxylation sites is 2. The lowest BCUT2D eigenvalue weighted by Gasteiger charge is -2.27. The highest BCUT2D eigenvalue weighted by atomic mass is 19.1. The summed E-state index contributed by atoms with van der Waals surface area (Å²) in [7, 11) is 0. The van der Waals surface area contributed by atoms with Crippen molar-refractivity contribution in [2.45, 2.75) is 50.2 Å². The lowest BCUT2D eigenvalue weighted by molar-refractivity contribution is -0.139. The van der Waals surface area contributed by atoms with Crippen LogP contribution in [0.2, 0.25) is 0 Å². The molecule has 8 heteroatoms. The molecule has 0 bridgehead atoms. The molecule has 0 radical (unpaired) electrons. The number of carbonyl (C=O) groups is 2. The van der Waals surface area contributed by atoms with Crippen LogP contribution >= 0.6 is 0 Å². The molecule has 2 aliphatic rings. The van der Waals surface area contributed by atoms with Gasteiger partial charge in [0.05, 0.1) is 29.1 Å². The molecular weight excluding hydrogens is 469 g/mol. The zero-order valence-electron chi connectivity index (χ0n) is 20.4. The van der Waals surface area contributed by atoms with E-state index in [1.54, 1.807) is 23.4 Å². The Kier molecular flexibility index (Phi) is 6.16. The molecule has 2 amide bonds. The largest absolute Gasteiger partial charge is 0.342 e. The van der Waals surface area contributed by atoms with Gasteiger partial charge in [0.2, 0.25) is 17.8 Å². The fourth-order valence-corrected chi connectivity index (χ4v) is 5.24. The topological polar surface area (TPSA) is 80.1 Å². The third kappa shape index (κ3) is 4.71. The number of likely N-dealkylation sites (tertiary alicyclic amines) is 1. The monoisotopic (exact) mass is 497 g/mol. The van der Waals surface area contributed by atoms with Gasteiger partial charge in [0.1, 0.15) is 12.6 Å². The number of aromatic nitrogens is 3. The number of rotatable bonds is 7. The van der Waals surface area contributed by atoms with Crippen molar-refractivity contribution < 1.29 is 14.0 Å². The standard InChI is InChI=1S/C29H28FN5O2/c30-28-21(19-12-13-19)14-15-23(32-28)27(20-7-2-1-3-8-20)33-29(37)25-11-6-16-35(25)26(36)17-34-18-31-22-9-4-5-10-24(22)34/h1-5,7-10,14-15,18-19,25,27H,6,11-13,16-17H2,(H,33,37)/t25-,27+/m0/s1. The van der Waals surface area contributed by atoms with Gasteiger partial charge in [0, 0.05) is 12.1 Å². The van der Waals surface area contributed by atoms with Crippen LogP contribution in [0, 0.1) is 5.95 Å². The van der Waals surface area contributed by atoms with Crippen molar-refractivity contribution in [2.24, 2.45) is 0 Å². The van der Waals surface area contributed by atoms with Gasteiger partial charge >= 0.3 is 0 Å². The first-order chi connectivity index (χ1) is 18.1. The number of benzene rings is 2. The molecule has 4 aromatic rings. The van der Waals surface area contributed by atoms with Crippen molar-refractivity contribution in [2.75, 3.05) is 6.54 Å². The SMILES string of the molecule is O=C(N[C@H](c1ccccc1)c1ccc(C2CC2)c(F)n1)[C@@H]1CCCN1C(=O)Cn1cnc2ccccc21. The van der Waals surface area contributed by atoms with Crippen LogP contribution in [0.25, 0.3) is 11.0 Å². The summed E-state index contributed by atoms with van der Waals surface area (Å²) in [6.45, 7) is 0.629. The van der Waals surface area contributed by atoms with E-state index < -0.39 is 18.0 Å². The van der Waals surface area contributed by atoms with Gasteiger partial charge in [-0.15, -0.1) is 0 Å². The molecule has 1 saturated carbocycles. The maximum absolute atomic E-state index is 14.8. The van der Waals surface area contributed by atoms with Gasteiger partial charge in [-0.25, -0.2) is 9.97 Å². The maximum Gasteiger partial charge on any atom is 0.243 e. The third-order valence-corrected chi connectivity index (χ3v) is 7.34. The van der Waals surface area contributed by atoms with Crippen LogP contribution in [-0.4, -0.2) is 43.8 Å². The van der Waals surface area contributed by atoms with E-state index in [1.165, 1.54) is 0 Å². The molecule has 1 saturated heterocycles. The molecule has 0 spiro atoms. The highest BCUT2D eigenvalue weighted by molar-refractivity contribution is 5.89. The van der Waals surface area contributed by atoms with Crippen molar-refractivity contribution in [3.8, 4) is 0 Å². The molecule has 188 valence electrons. The second-order valence-electron chi connectivity index (χ2n) is 9.85. The minimum absolute atomic E-state index is 0.113. The second kappa shape index (κ2) is 9.76. The molecule has 2 fully saturated rings. The molecule has 1 aliphatic heterocycles. The van der Waals surface area contributed by atoms with Crippen LogP contribution in [0.1, 0.15) is 54.5 Å². The van der Waals surface area contributed by atoms with Crippen LogP contribution < -0.4 is 5.32 Å². The Bertz CT molecular complexity index is 1450. The number of amides is 2. The van der Waals surface area contributed by atoms with Gasteiger partial charge in [0.15, 0.2) is 0 Å². The maximum atomic E-state index is 14.8. The fraction of sp³-hybridized carbons (Fsp3) is 0.310. The van der Waals surface area contributed by atoms with E-state index >= 15 is 0 Å². The lowest BCUT2D eigenvalue weighted by Crippen LogP contribution is -2.48.